The minimum Gasteiger partial charge on any atom is -0.485 e. The van der Waals surface area contributed by atoms with Gasteiger partial charge >= 0.3 is 0 Å². The van der Waals surface area contributed by atoms with Gasteiger partial charge in [0.1, 0.15) is 6.61 Å². The normalized spacial score (nSPS) is 10.5. The number of amides is 1. The predicted octanol–water partition coefficient (Wildman–Crippen LogP) is 2.62. The monoisotopic (exact) mass is 419 g/mol. The third-order valence-corrected chi connectivity index (χ3v) is 3.94. The van der Waals surface area contributed by atoms with Gasteiger partial charge in [-0.2, -0.15) is 0 Å². The van der Waals surface area contributed by atoms with E-state index in [4.69, 9.17) is 39.5 Å². The summed E-state index contributed by atoms with van der Waals surface area (Å²) in [4.78, 5) is 19.9. The van der Waals surface area contributed by atoms with Gasteiger partial charge in [0.25, 0.3) is 5.91 Å². The SMILES string of the molecule is Cc1nc(N)nc(COc2c(Cl)cc(Cl)cc2Br)c1C(=O)NN. The molecule has 0 unspecified atom stereocenters. The number of halogens is 3. The standard InChI is InChI=1S/C13H12BrCl2N5O2/c1-5-10(12(22)21-18)9(20-13(17)19-5)4-23-11-7(14)2-6(15)3-8(11)16/h2-3H,4,18H2,1H3,(H,21,22)(H2,17,19,20). The van der Waals surface area contributed by atoms with Gasteiger partial charge in [0.2, 0.25) is 5.95 Å². The molecule has 5 N–H and O–H groups in total. The Morgan fingerprint density at radius 3 is 2.70 bits per heavy atom. The van der Waals surface area contributed by atoms with Crippen LogP contribution in [0, 0.1) is 6.92 Å². The van der Waals surface area contributed by atoms with Gasteiger partial charge in [0, 0.05) is 5.02 Å². The van der Waals surface area contributed by atoms with E-state index >= 15 is 0 Å². The number of hydrogen-bond donors (Lipinski definition) is 3. The van der Waals surface area contributed by atoms with Gasteiger partial charge in [0.15, 0.2) is 5.75 Å². The number of nitrogens with zero attached hydrogens (tertiary/aromatic N) is 2. The topological polar surface area (TPSA) is 116 Å². The van der Waals surface area contributed by atoms with Crippen LogP contribution in [0.1, 0.15) is 21.7 Å². The lowest BCUT2D eigenvalue weighted by atomic mass is 10.1. The summed E-state index contributed by atoms with van der Waals surface area (Å²) in [6.45, 7) is 1.56. The predicted molar refractivity (Wildman–Crippen MR) is 91.3 cm³/mol. The maximum Gasteiger partial charge on any atom is 0.269 e. The van der Waals surface area contributed by atoms with Gasteiger partial charge in [-0.3, -0.25) is 10.2 Å². The molecular formula is C13H12BrCl2N5O2. The van der Waals surface area contributed by atoms with Crippen LogP contribution in [0.15, 0.2) is 16.6 Å². The second-order valence-corrected chi connectivity index (χ2v) is 6.15. The quantitative estimate of drug-likeness (QED) is 0.397. The van der Waals surface area contributed by atoms with Crippen LogP contribution in [-0.4, -0.2) is 15.9 Å². The average molecular weight is 421 g/mol. The van der Waals surface area contributed by atoms with Crippen molar-refractivity contribution in [3.63, 3.8) is 0 Å². The van der Waals surface area contributed by atoms with Crippen LogP contribution in [0.3, 0.4) is 0 Å². The molecule has 0 bridgehead atoms. The van der Waals surface area contributed by atoms with Crippen LogP contribution < -0.4 is 21.7 Å². The number of anilines is 1. The molecule has 1 heterocycles. The number of ether oxygens (including phenoxy) is 1. The number of nitrogens with two attached hydrogens (primary N) is 2. The molecule has 0 saturated heterocycles. The third-order valence-electron chi connectivity index (χ3n) is 2.86. The molecule has 122 valence electrons. The smallest absolute Gasteiger partial charge is 0.269 e. The largest absolute Gasteiger partial charge is 0.485 e. The number of carbonyl (C=O) groups is 1. The molecule has 10 heteroatoms. The Labute approximate surface area is 150 Å². The molecule has 0 aliphatic rings. The van der Waals surface area contributed by atoms with E-state index in [0.29, 0.717) is 26.0 Å². The van der Waals surface area contributed by atoms with Crippen molar-refractivity contribution in [3.05, 3.63) is 43.6 Å². The highest BCUT2D eigenvalue weighted by atomic mass is 79.9. The van der Waals surface area contributed by atoms with Crippen molar-refractivity contribution in [1.29, 1.82) is 0 Å². The Hall–Kier alpha value is -1.61. The fourth-order valence-corrected chi connectivity index (χ4v) is 3.30. The van der Waals surface area contributed by atoms with Crippen LogP contribution in [0.2, 0.25) is 10.0 Å². The molecule has 7 nitrogen and oxygen atoms in total. The molecular weight excluding hydrogens is 409 g/mol. The minimum absolute atomic E-state index is 0.0240. The number of nitrogen functional groups attached to an aromatic ring is 2. The molecule has 0 saturated carbocycles. The van der Waals surface area contributed by atoms with Crippen molar-refractivity contribution in [2.75, 3.05) is 5.73 Å². The van der Waals surface area contributed by atoms with E-state index < -0.39 is 5.91 Å². The van der Waals surface area contributed by atoms with E-state index in [1.807, 2.05) is 5.43 Å². The summed E-state index contributed by atoms with van der Waals surface area (Å²) >= 11 is 15.3. The van der Waals surface area contributed by atoms with Gasteiger partial charge in [0.05, 0.1) is 26.4 Å². The van der Waals surface area contributed by atoms with Crippen molar-refractivity contribution in [3.8, 4) is 5.75 Å². The first-order valence-corrected chi connectivity index (χ1v) is 7.79. The molecule has 0 radical (unpaired) electrons. The molecule has 0 atom stereocenters. The second kappa shape index (κ2) is 7.31. The molecule has 1 aromatic carbocycles. The van der Waals surface area contributed by atoms with Gasteiger partial charge < -0.3 is 10.5 Å². The molecule has 0 aliphatic carbocycles. The summed E-state index contributed by atoms with van der Waals surface area (Å²) in [5.74, 6) is 5.03. The van der Waals surface area contributed by atoms with Crippen LogP contribution in [0.4, 0.5) is 5.95 Å². The summed E-state index contributed by atoms with van der Waals surface area (Å²) in [6.07, 6.45) is 0. The van der Waals surface area contributed by atoms with Crippen LogP contribution in [-0.2, 0) is 6.61 Å². The van der Waals surface area contributed by atoms with Gasteiger partial charge in [-0.25, -0.2) is 15.8 Å². The highest BCUT2D eigenvalue weighted by molar-refractivity contribution is 9.10. The van der Waals surface area contributed by atoms with Crippen molar-refractivity contribution in [1.82, 2.24) is 15.4 Å². The molecule has 0 spiro atoms. The fourth-order valence-electron chi connectivity index (χ4n) is 1.94. The summed E-state index contributed by atoms with van der Waals surface area (Å²) < 4.78 is 6.22. The van der Waals surface area contributed by atoms with Gasteiger partial charge in [-0.05, 0) is 35.0 Å². The molecule has 2 aromatic rings. The van der Waals surface area contributed by atoms with Crippen LogP contribution in [0.25, 0.3) is 0 Å². The average Bonchev–Trinajstić information content (AvgIpc) is 2.44. The lowest BCUT2D eigenvalue weighted by molar-refractivity contribution is 0.0949. The summed E-state index contributed by atoms with van der Waals surface area (Å²) in [7, 11) is 0. The number of aryl methyl sites for hydroxylation is 1. The Kier molecular flexibility index (Phi) is 5.64. The number of carbonyl (C=O) groups excluding carboxylic acids is 1. The maximum absolute atomic E-state index is 11.9. The maximum atomic E-state index is 11.9. The van der Waals surface area contributed by atoms with E-state index in [-0.39, 0.29) is 23.8 Å². The van der Waals surface area contributed by atoms with E-state index in [1.54, 1.807) is 13.0 Å². The summed E-state index contributed by atoms with van der Waals surface area (Å²) in [6, 6.07) is 3.17. The number of nitrogens with one attached hydrogen (secondary N) is 1. The Bertz CT molecular complexity index is 749. The second-order valence-electron chi connectivity index (χ2n) is 4.45. The zero-order chi connectivity index (χ0) is 17.1. The first-order chi connectivity index (χ1) is 10.8. The van der Waals surface area contributed by atoms with Crippen molar-refractivity contribution in [2.45, 2.75) is 13.5 Å². The van der Waals surface area contributed by atoms with E-state index in [0.717, 1.165) is 0 Å². The van der Waals surface area contributed by atoms with Crippen molar-refractivity contribution in [2.24, 2.45) is 5.84 Å². The molecule has 23 heavy (non-hydrogen) atoms. The number of rotatable bonds is 4. The number of benzene rings is 1. The summed E-state index contributed by atoms with van der Waals surface area (Å²) in [5.41, 5.74) is 8.54. The van der Waals surface area contributed by atoms with Crippen molar-refractivity contribution < 1.29 is 9.53 Å². The number of hydrazine groups is 1. The molecule has 0 fully saturated rings. The van der Waals surface area contributed by atoms with Gasteiger partial charge in [-0.1, -0.05) is 23.2 Å². The zero-order valence-electron chi connectivity index (χ0n) is 11.9. The van der Waals surface area contributed by atoms with Crippen molar-refractivity contribution >= 4 is 51.0 Å². The third kappa shape index (κ3) is 4.03. The fraction of sp³-hybridized carbons (Fsp3) is 0.154. The van der Waals surface area contributed by atoms with Gasteiger partial charge in [-0.15, -0.1) is 0 Å². The highest BCUT2D eigenvalue weighted by Gasteiger charge is 2.19. The minimum atomic E-state index is -0.539. The molecule has 1 aromatic heterocycles. The van der Waals surface area contributed by atoms with E-state index in [2.05, 4.69) is 25.9 Å². The Morgan fingerprint density at radius 1 is 1.39 bits per heavy atom. The first-order valence-electron chi connectivity index (χ1n) is 6.24. The molecule has 2 rings (SSSR count). The van der Waals surface area contributed by atoms with E-state index in [1.165, 1.54) is 6.07 Å². The lowest BCUT2D eigenvalue weighted by Crippen LogP contribution is -2.32. The first kappa shape index (κ1) is 17.7. The summed E-state index contributed by atoms with van der Waals surface area (Å²) in [5, 5.41) is 0.771. The number of hydrogen-bond acceptors (Lipinski definition) is 6. The highest BCUT2D eigenvalue weighted by Crippen LogP contribution is 2.36. The van der Waals surface area contributed by atoms with Crippen LogP contribution >= 0.6 is 39.1 Å². The van der Waals surface area contributed by atoms with Crippen LogP contribution in [0.5, 0.6) is 5.75 Å². The molecule has 0 aliphatic heterocycles. The molecule has 1 amide bonds. The number of aromatic nitrogens is 2. The van der Waals surface area contributed by atoms with E-state index in [9.17, 15) is 4.79 Å². The Morgan fingerprint density at radius 2 is 2.09 bits per heavy atom. The lowest BCUT2D eigenvalue weighted by Gasteiger charge is -2.14. The Balaban J connectivity index is 2.36. The zero-order valence-corrected chi connectivity index (χ0v) is 15.0.